The van der Waals surface area contributed by atoms with Crippen molar-refractivity contribution in [2.75, 3.05) is 24.7 Å². The minimum atomic E-state index is 0.332. The molecule has 3 aromatic heterocycles. The molecule has 0 radical (unpaired) electrons. The van der Waals surface area contributed by atoms with Gasteiger partial charge in [-0.2, -0.15) is 10.2 Å². The third kappa shape index (κ3) is 2.41. The van der Waals surface area contributed by atoms with E-state index in [2.05, 4.69) is 28.1 Å². The normalized spacial score (nSPS) is 21.2. The van der Waals surface area contributed by atoms with Crippen molar-refractivity contribution in [1.29, 1.82) is 0 Å². The molecule has 0 amide bonds. The largest absolute Gasteiger partial charge is 0.377 e. The van der Waals surface area contributed by atoms with E-state index in [-0.39, 0.29) is 0 Å². The van der Waals surface area contributed by atoms with Crippen molar-refractivity contribution >= 4 is 16.9 Å². The molecule has 0 spiro atoms. The minimum Gasteiger partial charge on any atom is -0.377 e. The van der Waals surface area contributed by atoms with E-state index in [0.29, 0.717) is 12.0 Å². The van der Waals surface area contributed by atoms with Crippen molar-refractivity contribution in [3.63, 3.8) is 0 Å². The second-order valence-electron chi connectivity index (χ2n) is 7.10. The second-order valence-corrected chi connectivity index (χ2v) is 7.10. The van der Waals surface area contributed by atoms with Crippen LogP contribution in [-0.4, -0.2) is 50.8 Å². The molecule has 0 unspecified atom stereocenters. The fourth-order valence-corrected chi connectivity index (χ4v) is 3.79. The maximum absolute atomic E-state index is 5.60. The molecule has 1 N–H and O–H groups in total. The lowest BCUT2D eigenvalue weighted by Gasteiger charge is -2.34. The SMILES string of the molecule is C[C@@H]1COCCN1c1cc(C2CC2)c2c(n1)c(-c1ccn[nH]1)nn2C. The Morgan fingerprint density at radius 2 is 2.20 bits per heavy atom. The topological polar surface area (TPSA) is 71.9 Å². The molecule has 1 saturated carbocycles. The number of aromatic nitrogens is 5. The van der Waals surface area contributed by atoms with Crippen LogP contribution in [0.1, 0.15) is 31.2 Å². The molecule has 1 saturated heterocycles. The second kappa shape index (κ2) is 5.56. The van der Waals surface area contributed by atoms with Gasteiger partial charge in [-0.05, 0) is 43.4 Å². The molecular weight excluding hydrogens is 316 g/mol. The summed E-state index contributed by atoms with van der Waals surface area (Å²) in [6.07, 6.45) is 4.26. The molecule has 1 aliphatic heterocycles. The summed E-state index contributed by atoms with van der Waals surface area (Å²) < 4.78 is 7.57. The molecule has 0 bridgehead atoms. The Kier molecular flexibility index (Phi) is 3.31. The van der Waals surface area contributed by atoms with Crippen LogP contribution in [0.4, 0.5) is 5.82 Å². The Balaban J connectivity index is 1.73. The highest BCUT2D eigenvalue weighted by atomic mass is 16.5. The summed E-state index contributed by atoms with van der Waals surface area (Å²) in [5.41, 5.74) is 5.27. The first kappa shape index (κ1) is 14.9. The molecule has 3 aromatic rings. The highest BCUT2D eigenvalue weighted by molar-refractivity contribution is 5.92. The fraction of sp³-hybridized carbons (Fsp3) is 0.500. The smallest absolute Gasteiger partial charge is 0.136 e. The summed E-state index contributed by atoms with van der Waals surface area (Å²) in [5.74, 6) is 1.67. The number of rotatable bonds is 3. The van der Waals surface area contributed by atoms with Gasteiger partial charge in [0.15, 0.2) is 0 Å². The molecule has 7 heteroatoms. The Hall–Kier alpha value is -2.41. The van der Waals surface area contributed by atoms with Crippen molar-refractivity contribution in [2.45, 2.75) is 31.7 Å². The predicted molar refractivity (Wildman–Crippen MR) is 95.7 cm³/mol. The predicted octanol–water partition coefficient (Wildman–Crippen LogP) is 2.46. The lowest BCUT2D eigenvalue weighted by Crippen LogP contribution is -2.44. The molecule has 2 aliphatic rings. The van der Waals surface area contributed by atoms with Gasteiger partial charge in [0.05, 0.1) is 30.5 Å². The number of fused-ring (bicyclic) bond motifs is 1. The van der Waals surface area contributed by atoms with Crippen LogP contribution in [0.3, 0.4) is 0 Å². The Morgan fingerprint density at radius 1 is 1.32 bits per heavy atom. The van der Waals surface area contributed by atoms with Crippen LogP contribution in [0.2, 0.25) is 0 Å². The Bertz CT molecular complexity index is 911. The molecule has 130 valence electrons. The first-order valence-electron chi connectivity index (χ1n) is 8.94. The quantitative estimate of drug-likeness (QED) is 0.794. The van der Waals surface area contributed by atoms with Crippen LogP contribution in [0.15, 0.2) is 18.3 Å². The lowest BCUT2D eigenvalue weighted by atomic mass is 10.1. The van der Waals surface area contributed by atoms with Crippen LogP contribution in [0.5, 0.6) is 0 Å². The van der Waals surface area contributed by atoms with Gasteiger partial charge >= 0.3 is 0 Å². The number of morpholine rings is 1. The number of anilines is 1. The van der Waals surface area contributed by atoms with Crippen LogP contribution in [-0.2, 0) is 11.8 Å². The van der Waals surface area contributed by atoms with Crippen molar-refractivity contribution in [3.8, 4) is 11.4 Å². The maximum atomic E-state index is 5.60. The van der Waals surface area contributed by atoms with Crippen molar-refractivity contribution < 1.29 is 4.74 Å². The highest BCUT2D eigenvalue weighted by Crippen LogP contribution is 2.45. The highest BCUT2D eigenvalue weighted by Gasteiger charge is 2.31. The van der Waals surface area contributed by atoms with E-state index in [1.54, 1.807) is 6.20 Å². The van der Waals surface area contributed by atoms with E-state index in [1.165, 1.54) is 18.4 Å². The summed E-state index contributed by atoms with van der Waals surface area (Å²) in [4.78, 5) is 7.40. The van der Waals surface area contributed by atoms with Gasteiger partial charge < -0.3 is 9.64 Å². The number of nitrogens with zero attached hydrogens (tertiary/aromatic N) is 5. The van der Waals surface area contributed by atoms with Gasteiger partial charge in [-0.25, -0.2) is 4.98 Å². The third-order valence-electron chi connectivity index (χ3n) is 5.24. The first-order valence-corrected chi connectivity index (χ1v) is 8.94. The number of nitrogens with one attached hydrogen (secondary N) is 1. The minimum absolute atomic E-state index is 0.332. The summed E-state index contributed by atoms with van der Waals surface area (Å²) in [7, 11) is 2.01. The van der Waals surface area contributed by atoms with Gasteiger partial charge in [-0.1, -0.05) is 0 Å². The van der Waals surface area contributed by atoms with E-state index in [4.69, 9.17) is 14.8 Å². The Morgan fingerprint density at radius 3 is 2.92 bits per heavy atom. The van der Waals surface area contributed by atoms with Gasteiger partial charge in [-0.15, -0.1) is 0 Å². The molecule has 0 aromatic carbocycles. The molecule has 25 heavy (non-hydrogen) atoms. The zero-order chi connectivity index (χ0) is 17.0. The molecule has 7 nitrogen and oxygen atoms in total. The molecule has 1 atom stereocenters. The van der Waals surface area contributed by atoms with E-state index in [1.807, 2.05) is 17.8 Å². The molecular formula is C18H22N6O. The van der Waals surface area contributed by atoms with Gasteiger partial charge in [-0.3, -0.25) is 9.78 Å². The van der Waals surface area contributed by atoms with E-state index in [0.717, 1.165) is 48.0 Å². The standard InChI is InChI=1S/C18H22N6O/c1-11-10-25-8-7-24(11)15-9-13(12-3-4-12)18-17(20-15)16(22-23(18)2)14-5-6-19-21-14/h5-6,9,11-12H,3-4,7-8,10H2,1-2H3,(H,19,21)/t11-/m1/s1. The van der Waals surface area contributed by atoms with E-state index >= 15 is 0 Å². The van der Waals surface area contributed by atoms with E-state index in [9.17, 15) is 0 Å². The number of hydrogen-bond acceptors (Lipinski definition) is 5. The van der Waals surface area contributed by atoms with Gasteiger partial charge in [0.1, 0.15) is 17.0 Å². The summed E-state index contributed by atoms with van der Waals surface area (Å²) in [6, 6.07) is 4.56. The van der Waals surface area contributed by atoms with E-state index < -0.39 is 0 Å². The number of hydrogen-bond donors (Lipinski definition) is 1. The van der Waals surface area contributed by atoms with Crippen LogP contribution < -0.4 is 4.90 Å². The summed E-state index contributed by atoms with van der Waals surface area (Å²) in [6.45, 7) is 4.58. The molecule has 1 aliphatic carbocycles. The number of aryl methyl sites for hydroxylation is 1. The zero-order valence-electron chi connectivity index (χ0n) is 14.6. The monoisotopic (exact) mass is 338 g/mol. The van der Waals surface area contributed by atoms with Crippen LogP contribution in [0.25, 0.3) is 22.4 Å². The number of aromatic amines is 1. The number of ether oxygens (including phenoxy) is 1. The van der Waals surface area contributed by atoms with Crippen molar-refractivity contribution in [1.82, 2.24) is 25.0 Å². The van der Waals surface area contributed by atoms with Crippen LogP contribution >= 0.6 is 0 Å². The van der Waals surface area contributed by atoms with Gasteiger partial charge in [0, 0.05) is 19.8 Å². The van der Waals surface area contributed by atoms with Gasteiger partial charge in [0.25, 0.3) is 0 Å². The Labute approximate surface area is 146 Å². The summed E-state index contributed by atoms with van der Waals surface area (Å²) >= 11 is 0. The molecule has 4 heterocycles. The van der Waals surface area contributed by atoms with Gasteiger partial charge in [0.2, 0.25) is 0 Å². The average molecular weight is 338 g/mol. The maximum Gasteiger partial charge on any atom is 0.136 e. The van der Waals surface area contributed by atoms with Crippen LogP contribution in [0, 0.1) is 0 Å². The lowest BCUT2D eigenvalue weighted by molar-refractivity contribution is 0.0985. The van der Waals surface area contributed by atoms with Crippen molar-refractivity contribution in [3.05, 3.63) is 23.9 Å². The summed E-state index contributed by atoms with van der Waals surface area (Å²) in [5, 5.41) is 11.9. The number of H-pyrrole nitrogens is 1. The zero-order valence-corrected chi connectivity index (χ0v) is 14.6. The molecule has 2 fully saturated rings. The average Bonchev–Trinajstić information content (AvgIpc) is 3.22. The first-order chi connectivity index (χ1) is 12.2. The third-order valence-corrected chi connectivity index (χ3v) is 5.24. The van der Waals surface area contributed by atoms with Crippen molar-refractivity contribution in [2.24, 2.45) is 7.05 Å². The fourth-order valence-electron chi connectivity index (χ4n) is 3.79. The molecule has 5 rings (SSSR count). The number of pyridine rings is 1.